The van der Waals surface area contributed by atoms with E-state index in [1.165, 1.54) is 0 Å². The first-order valence-electron chi connectivity index (χ1n) is 5.26. The standard InChI is InChI=1S/C11H13ClN4S/c1-6-7(2)15-16-11(13-6)14-8(3)9-4-5-10(12)17-9/h4-5,8H,1-3H3,(H,13,14,16). The first kappa shape index (κ1) is 12.3. The first-order chi connectivity index (χ1) is 8.06. The third-order valence-electron chi connectivity index (χ3n) is 2.46. The van der Waals surface area contributed by atoms with E-state index in [1.54, 1.807) is 11.3 Å². The molecule has 0 amide bonds. The Morgan fingerprint density at radius 2 is 2.00 bits per heavy atom. The van der Waals surface area contributed by atoms with Crippen LogP contribution in [0, 0.1) is 13.8 Å². The van der Waals surface area contributed by atoms with Gasteiger partial charge >= 0.3 is 0 Å². The fourth-order valence-corrected chi connectivity index (χ4v) is 2.41. The van der Waals surface area contributed by atoms with Crippen molar-refractivity contribution in [1.29, 1.82) is 0 Å². The molecule has 0 spiro atoms. The monoisotopic (exact) mass is 268 g/mol. The highest BCUT2D eigenvalue weighted by Gasteiger charge is 2.10. The van der Waals surface area contributed by atoms with E-state index < -0.39 is 0 Å². The Labute approximate surface area is 109 Å². The lowest BCUT2D eigenvalue weighted by Gasteiger charge is -2.11. The molecule has 2 aromatic heterocycles. The van der Waals surface area contributed by atoms with Crippen LogP contribution in [-0.4, -0.2) is 15.2 Å². The second-order valence-corrected chi connectivity index (χ2v) is 5.56. The Balaban J connectivity index is 2.12. The van der Waals surface area contributed by atoms with Gasteiger partial charge in [-0.3, -0.25) is 0 Å². The summed E-state index contributed by atoms with van der Waals surface area (Å²) in [4.78, 5) is 5.48. The van der Waals surface area contributed by atoms with Gasteiger partial charge in [-0.25, -0.2) is 4.98 Å². The number of anilines is 1. The molecule has 2 heterocycles. The number of hydrogen-bond donors (Lipinski definition) is 1. The van der Waals surface area contributed by atoms with E-state index in [9.17, 15) is 0 Å². The molecule has 17 heavy (non-hydrogen) atoms. The summed E-state index contributed by atoms with van der Waals surface area (Å²) in [5.41, 5.74) is 1.74. The van der Waals surface area contributed by atoms with E-state index in [1.807, 2.05) is 32.9 Å². The van der Waals surface area contributed by atoms with Crippen molar-refractivity contribution in [3.63, 3.8) is 0 Å². The number of nitrogens with one attached hydrogen (secondary N) is 1. The molecule has 0 aliphatic heterocycles. The highest BCUT2D eigenvalue weighted by molar-refractivity contribution is 7.16. The summed E-state index contributed by atoms with van der Waals surface area (Å²) in [6.07, 6.45) is 0. The number of aryl methyl sites for hydroxylation is 2. The van der Waals surface area contributed by atoms with Crippen molar-refractivity contribution in [3.05, 3.63) is 32.7 Å². The second-order valence-electron chi connectivity index (χ2n) is 3.81. The fraction of sp³-hybridized carbons (Fsp3) is 0.364. The van der Waals surface area contributed by atoms with E-state index in [4.69, 9.17) is 11.6 Å². The molecule has 0 aliphatic carbocycles. The molecule has 0 bridgehead atoms. The van der Waals surface area contributed by atoms with Crippen LogP contribution in [0.5, 0.6) is 0 Å². The molecule has 4 nitrogen and oxygen atoms in total. The van der Waals surface area contributed by atoms with Gasteiger partial charge in [-0.05, 0) is 32.9 Å². The maximum Gasteiger partial charge on any atom is 0.243 e. The van der Waals surface area contributed by atoms with Crippen LogP contribution in [0.1, 0.15) is 29.2 Å². The molecular formula is C11H13ClN4S. The summed E-state index contributed by atoms with van der Waals surface area (Å²) in [6, 6.07) is 4.01. The summed E-state index contributed by atoms with van der Waals surface area (Å²) < 4.78 is 0.785. The zero-order valence-corrected chi connectivity index (χ0v) is 11.4. The molecule has 1 N–H and O–H groups in total. The molecule has 2 rings (SSSR count). The van der Waals surface area contributed by atoms with Crippen molar-refractivity contribution in [2.75, 3.05) is 5.32 Å². The molecule has 0 saturated heterocycles. The van der Waals surface area contributed by atoms with Crippen molar-refractivity contribution in [2.45, 2.75) is 26.8 Å². The maximum absolute atomic E-state index is 5.90. The molecule has 0 aliphatic rings. The van der Waals surface area contributed by atoms with E-state index in [2.05, 4.69) is 20.5 Å². The molecule has 1 atom stereocenters. The Hall–Kier alpha value is -1.20. The van der Waals surface area contributed by atoms with Gasteiger partial charge in [0.15, 0.2) is 0 Å². The van der Waals surface area contributed by atoms with Gasteiger partial charge in [0.1, 0.15) is 0 Å². The number of aromatic nitrogens is 3. The molecular weight excluding hydrogens is 256 g/mol. The van der Waals surface area contributed by atoms with Gasteiger partial charge in [-0.1, -0.05) is 11.6 Å². The van der Waals surface area contributed by atoms with Crippen molar-refractivity contribution in [2.24, 2.45) is 0 Å². The predicted molar refractivity (Wildman–Crippen MR) is 70.7 cm³/mol. The summed E-state index contributed by atoms with van der Waals surface area (Å²) >= 11 is 7.45. The lowest BCUT2D eigenvalue weighted by atomic mass is 10.3. The van der Waals surface area contributed by atoms with Crippen molar-refractivity contribution in [1.82, 2.24) is 15.2 Å². The molecule has 6 heteroatoms. The Bertz CT molecular complexity index is 526. The molecule has 0 radical (unpaired) electrons. The van der Waals surface area contributed by atoms with E-state index in [0.717, 1.165) is 20.6 Å². The molecule has 0 saturated carbocycles. The molecule has 0 fully saturated rings. The molecule has 0 aromatic carbocycles. The topological polar surface area (TPSA) is 50.7 Å². The number of rotatable bonds is 3. The largest absolute Gasteiger partial charge is 0.346 e. The van der Waals surface area contributed by atoms with Gasteiger partial charge in [0.05, 0.1) is 21.8 Å². The minimum atomic E-state index is 0.122. The quantitative estimate of drug-likeness (QED) is 0.927. The van der Waals surface area contributed by atoms with Crippen LogP contribution in [0.3, 0.4) is 0 Å². The highest BCUT2D eigenvalue weighted by Crippen LogP contribution is 2.28. The van der Waals surface area contributed by atoms with Gasteiger partial charge < -0.3 is 5.32 Å². The van der Waals surface area contributed by atoms with Crippen molar-refractivity contribution >= 4 is 28.9 Å². The van der Waals surface area contributed by atoms with Gasteiger partial charge in [0.2, 0.25) is 5.95 Å². The Morgan fingerprint density at radius 1 is 1.24 bits per heavy atom. The van der Waals surface area contributed by atoms with E-state index in [-0.39, 0.29) is 6.04 Å². The van der Waals surface area contributed by atoms with Gasteiger partial charge in [-0.2, -0.15) is 5.10 Å². The van der Waals surface area contributed by atoms with Crippen LogP contribution >= 0.6 is 22.9 Å². The van der Waals surface area contributed by atoms with Crippen molar-refractivity contribution in [3.8, 4) is 0 Å². The third kappa shape index (κ3) is 2.92. The average Bonchev–Trinajstić information content (AvgIpc) is 2.70. The Morgan fingerprint density at radius 3 is 2.59 bits per heavy atom. The second kappa shape index (κ2) is 4.98. The molecule has 90 valence electrons. The lowest BCUT2D eigenvalue weighted by Crippen LogP contribution is -2.10. The number of hydrogen-bond acceptors (Lipinski definition) is 5. The summed E-state index contributed by atoms with van der Waals surface area (Å²) in [5.74, 6) is 0.546. The van der Waals surface area contributed by atoms with E-state index in [0.29, 0.717) is 5.95 Å². The van der Waals surface area contributed by atoms with Crippen LogP contribution in [0.2, 0.25) is 4.34 Å². The highest BCUT2D eigenvalue weighted by atomic mass is 35.5. The van der Waals surface area contributed by atoms with Crippen LogP contribution in [-0.2, 0) is 0 Å². The van der Waals surface area contributed by atoms with Crippen LogP contribution in [0.4, 0.5) is 5.95 Å². The number of nitrogens with zero attached hydrogens (tertiary/aromatic N) is 3. The first-order valence-corrected chi connectivity index (χ1v) is 6.45. The molecule has 2 aromatic rings. The summed E-state index contributed by atoms with van der Waals surface area (Å²) in [5, 5.41) is 11.3. The molecule has 1 unspecified atom stereocenters. The predicted octanol–water partition coefficient (Wildman–Crippen LogP) is 3.38. The van der Waals surface area contributed by atoms with Gasteiger partial charge in [-0.15, -0.1) is 16.4 Å². The zero-order valence-electron chi connectivity index (χ0n) is 9.86. The van der Waals surface area contributed by atoms with E-state index >= 15 is 0 Å². The fourth-order valence-electron chi connectivity index (χ4n) is 1.34. The summed E-state index contributed by atoms with van der Waals surface area (Å²) in [6.45, 7) is 5.85. The van der Waals surface area contributed by atoms with Crippen LogP contribution in [0.15, 0.2) is 12.1 Å². The third-order valence-corrected chi connectivity index (χ3v) is 3.87. The minimum absolute atomic E-state index is 0.122. The normalized spacial score (nSPS) is 12.5. The van der Waals surface area contributed by atoms with Crippen molar-refractivity contribution < 1.29 is 0 Å². The average molecular weight is 269 g/mol. The number of thiophene rings is 1. The smallest absolute Gasteiger partial charge is 0.243 e. The Kier molecular flexibility index (Phi) is 3.59. The van der Waals surface area contributed by atoms with Gasteiger partial charge in [0.25, 0.3) is 0 Å². The minimum Gasteiger partial charge on any atom is -0.346 e. The van der Waals surface area contributed by atoms with Gasteiger partial charge in [0, 0.05) is 4.88 Å². The number of halogens is 1. The SMILES string of the molecule is Cc1nnc(NC(C)c2ccc(Cl)s2)nc1C. The van der Waals surface area contributed by atoms with Crippen LogP contribution in [0.25, 0.3) is 0 Å². The lowest BCUT2D eigenvalue weighted by molar-refractivity contribution is 0.831. The van der Waals surface area contributed by atoms with Crippen LogP contribution < -0.4 is 5.32 Å². The summed E-state index contributed by atoms with van der Waals surface area (Å²) in [7, 11) is 0. The zero-order chi connectivity index (χ0) is 12.4. The maximum atomic E-state index is 5.90.